The Hall–Kier alpha value is -1.23. The molecule has 2 rings (SSSR count). The Bertz CT molecular complexity index is 453. The van der Waals surface area contributed by atoms with Gasteiger partial charge in [-0.15, -0.1) is 0 Å². The number of rotatable bonds is 3. The third kappa shape index (κ3) is 2.96. The van der Waals surface area contributed by atoms with Crippen LogP contribution in [0.1, 0.15) is 23.7 Å². The van der Waals surface area contributed by atoms with Crippen LogP contribution in [0.25, 0.3) is 0 Å². The zero-order chi connectivity index (χ0) is 13.1. The van der Waals surface area contributed by atoms with E-state index >= 15 is 0 Å². The molecule has 5 heteroatoms. The largest absolute Gasteiger partial charge is 0.465 e. The van der Waals surface area contributed by atoms with Crippen LogP contribution in [0.4, 0.5) is 10.1 Å². The van der Waals surface area contributed by atoms with E-state index in [1.807, 2.05) is 11.8 Å². The highest BCUT2D eigenvalue weighted by Gasteiger charge is 2.22. The van der Waals surface area contributed by atoms with Crippen molar-refractivity contribution in [3.8, 4) is 0 Å². The summed E-state index contributed by atoms with van der Waals surface area (Å²) in [5.41, 5.74) is 0.734. The molecule has 1 aromatic carbocycles. The van der Waals surface area contributed by atoms with Gasteiger partial charge in [0.25, 0.3) is 0 Å². The van der Waals surface area contributed by atoms with E-state index < -0.39 is 11.8 Å². The van der Waals surface area contributed by atoms with Crippen molar-refractivity contribution < 1.29 is 13.9 Å². The van der Waals surface area contributed by atoms with Crippen molar-refractivity contribution in [1.29, 1.82) is 0 Å². The molecule has 2 atom stereocenters. The van der Waals surface area contributed by atoms with Gasteiger partial charge in [-0.2, -0.15) is 11.8 Å². The van der Waals surface area contributed by atoms with Crippen molar-refractivity contribution in [2.75, 3.05) is 18.2 Å². The molecule has 2 unspecified atom stereocenters. The fourth-order valence-corrected chi connectivity index (χ4v) is 3.18. The predicted octanol–water partition coefficient (Wildman–Crippen LogP) is 2.92. The number of hydrogen-bond donors (Lipinski definition) is 1. The zero-order valence-electron chi connectivity index (χ0n) is 10.4. The molecule has 0 bridgehead atoms. The molecule has 0 saturated carbocycles. The molecule has 1 fully saturated rings. The Balaban J connectivity index is 2.12. The van der Waals surface area contributed by atoms with E-state index in [-0.39, 0.29) is 5.56 Å². The van der Waals surface area contributed by atoms with Gasteiger partial charge in [0.05, 0.1) is 12.7 Å². The van der Waals surface area contributed by atoms with Crippen LogP contribution in [0.5, 0.6) is 0 Å². The molecule has 1 aliphatic rings. The molecule has 0 aromatic heterocycles. The maximum Gasteiger partial charge on any atom is 0.340 e. The molecule has 3 nitrogen and oxygen atoms in total. The highest BCUT2D eigenvalue weighted by Crippen LogP contribution is 2.28. The van der Waals surface area contributed by atoms with Gasteiger partial charge in [-0.1, -0.05) is 6.92 Å². The van der Waals surface area contributed by atoms with Gasteiger partial charge in [0.15, 0.2) is 0 Å². The number of anilines is 1. The number of nitrogens with one attached hydrogen (secondary N) is 1. The minimum absolute atomic E-state index is 0.0267. The van der Waals surface area contributed by atoms with Crippen LogP contribution in [0.2, 0.25) is 0 Å². The van der Waals surface area contributed by atoms with E-state index in [4.69, 9.17) is 0 Å². The normalized spacial score (nSPS) is 22.8. The number of methoxy groups -OCH3 is 1. The number of carbonyl (C=O) groups excluding carboxylic acids is 1. The van der Waals surface area contributed by atoms with Gasteiger partial charge >= 0.3 is 5.97 Å². The van der Waals surface area contributed by atoms with Crippen LogP contribution in [-0.2, 0) is 4.74 Å². The lowest BCUT2D eigenvalue weighted by Gasteiger charge is -2.14. The van der Waals surface area contributed by atoms with Crippen LogP contribution in [-0.4, -0.2) is 30.1 Å². The van der Waals surface area contributed by atoms with Crippen molar-refractivity contribution in [3.05, 3.63) is 29.6 Å². The quantitative estimate of drug-likeness (QED) is 0.856. The second-order valence-electron chi connectivity index (χ2n) is 4.41. The van der Waals surface area contributed by atoms with E-state index in [0.29, 0.717) is 11.3 Å². The Morgan fingerprint density at radius 1 is 1.56 bits per heavy atom. The van der Waals surface area contributed by atoms with Crippen LogP contribution < -0.4 is 5.32 Å². The first kappa shape index (κ1) is 13.2. The molecule has 1 N–H and O–H groups in total. The summed E-state index contributed by atoms with van der Waals surface area (Å²) in [6.07, 6.45) is 1.08. The van der Waals surface area contributed by atoms with Crippen molar-refractivity contribution in [2.24, 2.45) is 0 Å². The molecule has 1 aromatic rings. The van der Waals surface area contributed by atoms with E-state index in [1.54, 1.807) is 6.07 Å². The summed E-state index contributed by atoms with van der Waals surface area (Å²) in [4.78, 5) is 11.4. The van der Waals surface area contributed by atoms with E-state index in [0.717, 1.165) is 17.9 Å². The number of benzene rings is 1. The standard InChI is InChI=1S/C13H16FNO2S/c1-8-5-10(7-18-8)15-9-3-4-12(14)11(6-9)13(16)17-2/h3-4,6,8,10,15H,5,7H2,1-2H3. The Labute approximate surface area is 110 Å². The molecule has 98 valence electrons. The topological polar surface area (TPSA) is 38.3 Å². The smallest absolute Gasteiger partial charge is 0.340 e. The second-order valence-corrected chi connectivity index (χ2v) is 5.88. The minimum Gasteiger partial charge on any atom is -0.465 e. The molecule has 0 aliphatic carbocycles. The number of hydrogen-bond acceptors (Lipinski definition) is 4. The van der Waals surface area contributed by atoms with Crippen LogP contribution >= 0.6 is 11.8 Å². The fourth-order valence-electron chi connectivity index (χ4n) is 2.03. The first-order chi connectivity index (χ1) is 8.60. The van der Waals surface area contributed by atoms with Crippen LogP contribution in [0, 0.1) is 5.82 Å². The lowest BCUT2D eigenvalue weighted by atomic mass is 10.1. The number of ether oxygens (including phenoxy) is 1. The molecule has 1 saturated heterocycles. The van der Waals surface area contributed by atoms with Crippen molar-refractivity contribution >= 4 is 23.4 Å². The first-order valence-corrected chi connectivity index (χ1v) is 6.91. The van der Waals surface area contributed by atoms with Crippen molar-refractivity contribution in [1.82, 2.24) is 0 Å². The van der Waals surface area contributed by atoms with Crippen molar-refractivity contribution in [2.45, 2.75) is 24.6 Å². The lowest BCUT2D eigenvalue weighted by Crippen LogP contribution is -2.19. The third-order valence-electron chi connectivity index (χ3n) is 2.94. The fraction of sp³-hybridized carbons (Fsp3) is 0.462. The average Bonchev–Trinajstić information content (AvgIpc) is 2.76. The minimum atomic E-state index is -0.648. The van der Waals surface area contributed by atoms with Gasteiger partial charge in [-0.25, -0.2) is 9.18 Å². The first-order valence-electron chi connectivity index (χ1n) is 5.86. The van der Waals surface area contributed by atoms with Gasteiger partial charge in [-0.3, -0.25) is 0 Å². The van der Waals surface area contributed by atoms with Crippen LogP contribution in [0.15, 0.2) is 18.2 Å². The predicted molar refractivity (Wildman–Crippen MR) is 71.7 cm³/mol. The Morgan fingerprint density at radius 2 is 2.33 bits per heavy atom. The Morgan fingerprint density at radius 3 is 2.94 bits per heavy atom. The number of halogens is 1. The maximum atomic E-state index is 13.4. The highest BCUT2D eigenvalue weighted by molar-refractivity contribution is 8.00. The summed E-state index contributed by atoms with van der Waals surface area (Å²) >= 11 is 1.91. The van der Waals surface area contributed by atoms with Crippen molar-refractivity contribution in [3.63, 3.8) is 0 Å². The lowest BCUT2D eigenvalue weighted by molar-refractivity contribution is 0.0595. The molecule has 18 heavy (non-hydrogen) atoms. The van der Waals surface area contributed by atoms with E-state index in [9.17, 15) is 9.18 Å². The number of carbonyl (C=O) groups is 1. The van der Waals surface area contributed by atoms with E-state index in [1.165, 1.54) is 19.2 Å². The molecular weight excluding hydrogens is 253 g/mol. The van der Waals surface area contributed by atoms with Gasteiger partial charge in [0.2, 0.25) is 0 Å². The summed E-state index contributed by atoms with van der Waals surface area (Å²) < 4.78 is 18.0. The summed E-state index contributed by atoms with van der Waals surface area (Å²) in [5, 5.41) is 3.96. The third-order valence-corrected chi connectivity index (χ3v) is 4.30. The zero-order valence-corrected chi connectivity index (χ0v) is 11.2. The van der Waals surface area contributed by atoms with Gasteiger partial charge in [-0.05, 0) is 24.6 Å². The second kappa shape index (κ2) is 5.61. The Kier molecular flexibility index (Phi) is 4.11. The van der Waals surface area contributed by atoms with Gasteiger partial charge < -0.3 is 10.1 Å². The number of esters is 1. The van der Waals surface area contributed by atoms with Gasteiger partial charge in [0.1, 0.15) is 5.82 Å². The molecule has 1 aliphatic heterocycles. The molecule has 0 amide bonds. The summed E-state index contributed by atoms with van der Waals surface area (Å²) in [6.45, 7) is 2.19. The molecule has 0 radical (unpaired) electrons. The van der Waals surface area contributed by atoms with E-state index in [2.05, 4.69) is 17.0 Å². The number of thioether (sulfide) groups is 1. The van der Waals surface area contributed by atoms with Gasteiger partial charge in [0, 0.05) is 22.7 Å². The van der Waals surface area contributed by atoms with Crippen LogP contribution in [0.3, 0.4) is 0 Å². The summed E-state index contributed by atoms with van der Waals surface area (Å²) in [5.74, 6) is -0.168. The highest BCUT2D eigenvalue weighted by atomic mass is 32.2. The molecule has 0 spiro atoms. The average molecular weight is 269 g/mol. The molecule has 1 heterocycles. The monoisotopic (exact) mass is 269 g/mol. The maximum absolute atomic E-state index is 13.4. The summed E-state index contributed by atoms with van der Waals surface area (Å²) in [7, 11) is 1.25. The SMILES string of the molecule is COC(=O)c1cc(NC2CSC(C)C2)ccc1F. The molecular formula is C13H16FNO2S. The summed E-state index contributed by atoms with van der Waals surface area (Å²) in [6, 6.07) is 4.82.